The molecule has 0 radical (unpaired) electrons. The normalized spacial score (nSPS) is 21.5. The molecular weight excluding hydrogens is 573 g/mol. The fourth-order valence-corrected chi connectivity index (χ4v) is 7.06. The van der Waals surface area contributed by atoms with E-state index in [2.05, 4.69) is 34.3 Å². The molecule has 1 N–H and O–H groups in total. The number of hydrogen-bond acceptors (Lipinski definition) is 7. The van der Waals surface area contributed by atoms with Crippen molar-refractivity contribution in [3.05, 3.63) is 71.2 Å². The third kappa shape index (κ3) is 6.05. The molecule has 4 aliphatic rings. The number of likely N-dealkylation sites (tertiary alicyclic amines) is 2. The summed E-state index contributed by atoms with van der Waals surface area (Å²) >= 11 is 0. The Morgan fingerprint density at radius 2 is 1.87 bits per heavy atom. The SMILES string of the molecule is CC1CC(=O)N(Cc2cc(F)c(C(=O)NC3CC4(C3)CN(C3COC3)C4)cc2Oc2ccc(-c3ccc(C(C)C)nn3)cc2)C1. The minimum absolute atomic E-state index is 0.0229. The van der Waals surface area contributed by atoms with Crippen LogP contribution < -0.4 is 10.1 Å². The maximum absolute atomic E-state index is 15.5. The highest BCUT2D eigenvalue weighted by atomic mass is 19.1. The maximum atomic E-state index is 15.5. The summed E-state index contributed by atoms with van der Waals surface area (Å²) in [6.45, 7) is 10.7. The molecule has 1 spiro atoms. The van der Waals surface area contributed by atoms with Gasteiger partial charge in [-0.1, -0.05) is 20.8 Å². The fraction of sp³-hybridized carbons (Fsp3) is 0.486. The number of rotatable bonds is 9. The smallest absolute Gasteiger partial charge is 0.254 e. The van der Waals surface area contributed by atoms with Crippen LogP contribution in [-0.2, 0) is 16.1 Å². The Morgan fingerprint density at radius 1 is 1.11 bits per heavy atom. The number of carbonyl (C=O) groups excluding carboxylic acids is 2. The van der Waals surface area contributed by atoms with Crippen LogP contribution in [0.5, 0.6) is 11.5 Å². The highest BCUT2D eigenvalue weighted by Crippen LogP contribution is 2.49. The van der Waals surface area contributed by atoms with Gasteiger partial charge in [0.1, 0.15) is 17.3 Å². The molecule has 1 aliphatic carbocycles. The second-order valence-electron chi connectivity index (χ2n) is 13.8. The topological polar surface area (TPSA) is 96.9 Å². The second-order valence-corrected chi connectivity index (χ2v) is 13.8. The zero-order valence-electron chi connectivity index (χ0n) is 26.1. The first-order valence-electron chi connectivity index (χ1n) is 16.0. The molecule has 2 amide bonds. The quantitative estimate of drug-likeness (QED) is 0.356. The van der Waals surface area contributed by atoms with Gasteiger partial charge in [0, 0.05) is 49.8 Å². The van der Waals surface area contributed by atoms with Crippen LogP contribution in [0.3, 0.4) is 0 Å². The Balaban J connectivity index is 1.07. The van der Waals surface area contributed by atoms with E-state index in [0.29, 0.717) is 42.0 Å². The number of ether oxygens (including phenoxy) is 2. The first kappa shape index (κ1) is 29.8. The number of amides is 2. The molecule has 7 rings (SSSR count). The minimum atomic E-state index is -0.623. The van der Waals surface area contributed by atoms with Crippen LogP contribution in [0.15, 0.2) is 48.5 Å². The molecule has 4 fully saturated rings. The van der Waals surface area contributed by atoms with E-state index in [4.69, 9.17) is 9.47 Å². The van der Waals surface area contributed by atoms with E-state index in [-0.39, 0.29) is 35.4 Å². The van der Waals surface area contributed by atoms with Crippen molar-refractivity contribution in [1.29, 1.82) is 0 Å². The molecular formula is C35H40FN5O4. The van der Waals surface area contributed by atoms with Gasteiger partial charge in [-0.25, -0.2) is 4.39 Å². The van der Waals surface area contributed by atoms with Crippen molar-refractivity contribution >= 4 is 11.8 Å². The van der Waals surface area contributed by atoms with Crippen LogP contribution >= 0.6 is 0 Å². The van der Waals surface area contributed by atoms with Crippen molar-refractivity contribution in [2.45, 2.75) is 64.6 Å². The van der Waals surface area contributed by atoms with Crippen molar-refractivity contribution < 1.29 is 23.5 Å². The maximum Gasteiger partial charge on any atom is 0.254 e. The highest BCUT2D eigenvalue weighted by Gasteiger charge is 2.54. The molecule has 3 aromatic rings. The average molecular weight is 614 g/mol. The van der Waals surface area contributed by atoms with Crippen molar-refractivity contribution in [3.63, 3.8) is 0 Å². The van der Waals surface area contributed by atoms with Crippen LogP contribution in [0.25, 0.3) is 11.3 Å². The Kier molecular flexibility index (Phi) is 7.81. The van der Waals surface area contributed by atoms with Crippen LogP contribution in [0, 0.1) is 17.2 Å². The zero-order chi connectivity index (χ0) is 31.3. The largest absolute Gasteiger partial charge is 0.457 e. The molecule has 236 valence electrons. The lowest BCUT2D eigenvalue weighted by Crippen LogP contribution is -2.70. The Hall–Kier alpha value is -3.89. The van der Waals surface area contributed by atoms with Crippen LogP contribution in [0.4, 0.5) is 4.39 Å². The van der Waals surface area contributed by atoms with Crippen molar-refractivity contribution in [3.8, 4) is 22.8 Å². The van der Waals surface area contributed by atoms with Crippen molar-refractivity contribution in [1.82, 2.24) is 25.3 Å². The first-order valence-corrected chi connectivity index (χ1v) is 16.0. The lowest BCUT2D eigenvalue weighted by Gasteiger charge is -2.62. The number of carbonyl (C=O) groups is 2. The van der Waals surface area contributed by atoms with Crippen LogP contribution in [0.1, 0.15) is 67.6 Å². The molecule has 10 heteroatoms. The predicted molar refractivity (Wildman–Crippen MR) is 166 cm³/mol. The van der Waals surface area contributed by atoms with E-state index in [1.54, 1.807) is 4.90 Å². The van der Waals surface area contributed by atoms with Crippen molar-refractivity contribution in [2.24, 2.45) is 11.3 Å². The lowest BCUT2D eigenvalue weighted by atomic mass is 9.60. The van der Waals surface area contributed by atoms with Crippen LogP contribution in [-0.4, -0.2) is 76.7 Å². The van der Waals surface area contributed by atoms with E-state index in [9.17, 15) is 9.59 Å². The Bertz CT molecular complexity index is 1580. The van der Waals surface area contributed by atoms with Gasteiger partial charge < -0.3 is 19.7 Å². The summed E-state index contributed by atoms with van der Waals surface area (Å²) in [6, 6.07) is 14.7. The average Bonchev–Trinajstić information content (AvgIpc) is 3.27. The second kappa shape index (κ2) is 11.8. The molecule has 1 saturated carbocycles. The molecule has 0 bridgehead atoms. The minimum Gasteiger partial charge on any atom is -0.457 e. The molecule has 3 aliphatic heterocycles. The van der Waals surface area contributed by atoms with E-state index >= 15 is 4.39 Å². The van der Waals surface area contributed by atoms with E-state index < -0.39 is 11.7 Å². The van der Waals surface area contributed by atoms with Gasteiger partial charge in [-0.15, -0.1) is 0 Å². The lowest BCUT2D eigenvalue weighted by molar-refractivity contribution is -0.159. The fourth-order valence-electron chi connectivity index (χ4n) is 7.06. The standard InChI is InChI=1S/C35H40FN5O4/c1-21(2)30-8-9-31(39-38-30)23-4-6-27(7-5-23)45-32-12-28(29(36)11-24(32)16-40-15-22(3)10-33(40)42)34(43)37-25-13-35(14-25)19-41(20-35)26-17-44-18-26/h4-9,11-12,21-22,25-26H,10,13-20H2,1-3H3,(H,37,43). The van der Waals surface area contributed by atoms with Gasteiger partial charge in [0.15, 0.2) is 0 Å². The molecule has 4 heterocycles. The van der Waals surface area contributed by atoms with Crippen LogP contribution in [0.2, 0.25) is 0 Å². The summed E-state index contributed by atoms with van der Waals surface area (Å²) in [6.07, 6.45) is 2.27. The van der Waals surface area contributed by atoms with E-state index in [1.807, 2.05) is 43.3 Å². The van der Waals surface area contributed by atoms with E-state index in [1.165, 1.54) is 12.1 Å². The first-order chi connectivity index (χ1) is 21.6. The summed E-state index contributed by atoms with van der Waals surface area (Å²) in [5.74, 6) is 0.368. The third-order valence-corrected chi connectivity index (χ3v) is 9.73. The molecule has 1 atom stereocenters. The van der Waals surface area contributed by atoms with Crippen molar-refractivity contribution in [2.75, 3.05) is 32.8 Å². The number of nitrogens with zero attached hydrogens (tertiary/aromatic N) is 4. The van der Waals surface area contributed by atoms with Gasteiger partial charge in [0.2, 0.25) is 5.91 Å². The third-order valence-electron chi connectivity index (χ3n) is 9.73. The molecule has 1 unspecified atom stereocenters. The Morgan fingerprint density at radius 3 is 2.47 bits per heavy atom. The zero-order valence-corrected chi connectivity index (χ0v) is 26.1. The Labute approximate surface area is 263 Å². The summed E-state index contributed by atoms with van der Waals surface area (Å²) in [7, 11) is 0. The molecule has 2 aromatic carbocycles. The number of aromatic nitrogens is 2. The molecule has 1 aromatic heterocycles. The van der Waals surface area contributed by atoms with Gasteiger partial charge in [0.25, 0.3) is 5.91 Å². The predicted octanol–water partition coefficient (Wildman–Crippen LogP) is 5.16. The highest BCUT2D eigenvalue weighted by molar-refractivity contribution is 5.95. The molecule has 9 nitrogen and oxygen atoms in total. The summed E-state index contributed by atoms with van der Waals surface area (Å²) in [5.41, 5.74) is 3.28. The van der Waals surface area contributed by atoms with Gasteiger partial charge in [-0.2, -0.15) is 10.2 Å². The van der Waals surface area contributed by atoms with E-state index in [0.717, 1.165) is 56.1 Å². The van der Waals surface area contributed by atoms with Gasteiger partial charge in [0.05, 0.1) is 36.2 Å². The van der Waals surface area contributed by atoms with Gasteiger partial charge >= 0.3 is 0 Å². The van der Waals surface area contributed by atoms with Gasteiger partial charge in [-0.3, -0.25) is 14.5 Å². The molecule has 3 saturated heterocycles. The summed E-state index contributed by atoms with van der Waals surface area (Å²) in [5, 5.41) is 11.7. The van der Waals surface area contributed by atoms with Gasteiger partial charge in [-0.05, 0) is 78.6 Å². The monoisotopic (exact) mass is 613 g/mol. The number of benzene rings is 2. The number of nitrogens with one attached hydrogen (secondary N) is 1. The number of hydrogen-bond donors (Lipinski definition) is 1. The molecule has 45 heavy (non-hydrogen) atoms. The summed E-state index contributed by atoms with van der Waals surface area (Å²) in [4.78, 5) is 30.1. The number of halogens is 1. The summed E-state index contributed by atoms with van der Waals surface area (Å²) < 4.78 is 27.1.